The Morgan fingerprint density at radius 1 is 1.12 bits per heavy atom. The smallest absolute Gasteiger partial charge is 0.168 e. The van der Waals surface area contributed by atoms with E-state index in [-0.39, 0.29) is 0 Å². The Labute approximate surface area is 102 Å². The van der Waals surface area contributed by atoms with Crippen molar-refractivity contribution in [3.8, 4) is 24.2 Å². The van der Waals surface area contributed by atoms with E-state index in [1.54, 1.807) is 12.1 Å². The van der Waals surface area contributed by atoms with Crippen LogP contribution in [0.4, 0.5) is 0 Å². The van der Waals surface area contributed by atoms with Gasteiger partial charge in [-0.1, -0.05) is 12.3 Å². The molecule has 0 amide bonds. The summed E-state index contributed by atoms with van der Waals surface area (Å²) in [5.74, 6) is 3.56. The van der Waals surface area contributed by atoms with Crippen LogP contribution < -0.4 is 4.74 Å². The molecule has 0 atom stereocenters. The van der Waals surface area contributed by atoms with Gasteiger partial charge < -0.3 is 4.74 Å². The molecular formula is C15H15NO. The van der Waals surface area contributed by atoms with Crippen LogP contribution in [0, 0.1) is 23.7 Å². The lowest BCUT2D eigenvalue weighted by molar-refractivity contribution is 0.0872. The van der Waals surface area contributed by atoms with Gasteiger partial charge in [0, 0.05) is 0 Å². The van der Waals surface area contributed by atoms with Gasteiger partial charge in [0.1, 0.15) is 5.75 Å². The van der Waals surface area contributed by atoms with Crippen LogP contribution in [0.5, 0.6) is 5.75 Å². The molecule has 0 bridgehead atoms. The molecule has 0 aromatic heterocycles. The number of nitriles is 1. The molecule has 0 heterocycles. The summed E-state index contributed by atoms with van der Waals surface area (Å²) in [6.45, 7) is 0. The van der Waals surface area contributed by atoms with Crippen LogP contribution in [0.25, 0.3) is 0 Å². The molecule has 2 rings (SSSR count). The second-order valence-corrected chi connectivity index (χ2v) is 4.44. The number of hydrogen-bond acceptors (Lipinski definition) is 2. The minimum absolute atomic E-state index is 0.438. The van der Waals surface area contributed by atoms with E-state index >= 15 is 0 Å². The largest absolute Gasteiger partial charge is 0.475 e. The van der Waals surface area contributed by atoms with Gasteiger partial charge in [-0.25, -0.2) is 0 Å². The van der Waals surface area contributed by atoms with Crippen molar-refractivity contribution in [2.75, 3.05) is 0 Å². The van der Waals surface area contributed by atoms with Crippen LogP contribution in [-0.4, -0.2) is 5.60 Å². The van der Waals surface area contributed by atoms with Crippen molar-refractivity contribution in [3.63, 3.8) is 0 Å². The van der Waals surface area contributed by atoms with E-state index in [0.717, 1.165) is 31.4 Å². The van der Waals surface area contributed by atoms with E-state index < -0.39 is 5.60 Å². The average molecular weight is 225 g/mol. The molecule has 0 aliphatic heterocycles. The van der Waals surface area contributed by atoms with Gasteiger partial charge in [-0.3, -0.25) is 0 Å². The van der Waals surface area contributed by atoms with Crippen molar-refractivity contribution in [2.45, 2.75) is 37.7 Å². The summed E-state index contributed by atoms with van der Waals surface area (Å²) in [6, 6.07) is 9.21. The molecule has 2 heteroatoms. The topological polar surface area (TPSA) is 33.0 Å². The zero-order valence-electron chi connectivity index (χ0n) is 9.78. The van der Waals surface area contributed by atoms with Crippen molar-refractivity contribution in [2.24, 2.45) is 0 Å². The number of ether oxygens (including phenoxy) is 1. The van der Waals surface area contributed by atoms with Gasteiger partial charge in [0.05, 0.1) is 11.6 Å². The van der Waals surface area contributed by atoms with Crippen LogP contribution in [0.15, 0.2) is 24.3 Å². The number of rotatable bonds is 2. The van der Waals surface area contributed by atoms with Gasteiger partial charge >= 0.3 is 0 Å². The van der Waals surface area contributed by atoms with E-state index in [4.69, 9.17) is 16.4 Å². The Morgan fingerprint density at radius 2 is 1.76 bits per heavy atom. The first-order chi connectivity index (χ1) is 8.28. The highest BCUT2D eigenvalue weighted by atomic mass is 16.5. The lowest BCUT2D eigenvalue weighted by Gasteiger charge is -2.33. The molecule has 0 unspecified atom stereocenters. The SMILES string of the molecule is C#CC1(Oc2ccc(C#N)cc2)CCCCC1. The maximum Gasteiger partial charge on any atom is 0.168 e. The van der Waals surface area contributed by atoms with Gasteiger partial charge in [0.25, 0.3) is 0 Å². The molecule has 0 saturated heterocycles. The van der Waals surface area contributed by atoms with Gasteiger partial charge in [0.15, 0.2) is 5.60 Å². The second kappa shape index (κ2) is 4.93. The molecule has 2 nitrogen and oxygen atoms in total. The van der Waals surface area contributed by atoms with E-state index in [9.17, 15) is 0 Å². The molecule has 0 radical (unpaired) electrons. The highest BCUT2D eigenvalue weighted by molar-refractivity contribution is 5.35. The standard InChI is InChI=1S/C15H15NO/c1-2-15(10-4-3-5-11-15)17-14-8-6-13(12-16)7-9-14/h1,6-9H,3-5,10-11H2. The van der Waals surface area contributed by atoms with Crippen molar-refractivity contribution in [1.29, 1.82) is 5.26 Å². The predicted molar refractivity (Wildman–Crippen MR) is 66.4 cm³/mol. The maximum atomic E-state index is 8.72. The fourth-order valence-electron chi connectivity index (χ4n) is 2.22. The molecule has 0 N–H and O–H groups in total. The molecule has 1 fully saturated rings. The number of hydrogen-bond donors (Lipinski definition) is 0. The second-order valence-electron chi connectivity index (χ2n) is 4.44. The Morgan fingerprint density at radius 3 is 2.29 bits per heavy atom. The molecule has 17 heavy (non-hydrogen) atoms. The maximum absolute atomic E-state index is 8.72. The Balaban J connectivity index is 2.13. The van der Waals surface area contributed by atoms with E-state index in [1.165, 1.54) is 6.42 Å². The third-order valence-corrected chi connectivity index (χ3v) is 3.22. The molecule has 1 aromatic rings. The quantitative estimate of drug-likeness (QED) is 0.724. The Kier molecular flexibility index (Phi) is 3.35. The number of nitrogens with zero attached hydrogens (tertiary/aromatic N) is 1. The summed E-state index contributed by atoms with van der Waals surface area (Å²) in [4.78, 5) is 0. The molecule has 0 spiro atoms. The zero-order chi connectivity index (χ0) is 12.1. The lowest BCUT2D eigenvalue weighted by atomic mass is 9.85. The summed E-state index contributed by atoms with van der Waals surface area (Å²) in [5, 5.41) is 8.72. The summed E-state index contributed by atoms with van der Waals surface area (Å²) in [5.41, 5.74) is 0.197. The van der Waals surface area contributed by atoms with Gasteiger partial charge in [-0.15, -0.1) is 6.42 Å². The van der Waals surface area contributed by atoms with Crippen LogP contribution in [0.2, 0.25) is 0 Å². The Hall–Kier alpha value is -1.93. The van der Waals surface area contributed by atoms with Gasteiger partial charge in [0.2, 0.25) is 0 Å². The van der Waals surface area contributed by atoms with Crippen molar-refractivity contribution < 1.29 is 4.74 Å². The number of terminal acetylenes is 1. The molecular weight excluding hydrogens is 210 g/mol. The zero-order valence-corrected chi connectivity index (χ0v) is 9.78. The summed E-state index contributed by atoms with van der Waals surface area (Å²) in [6.07, 6.45) is 10.9. The van der Waals surface area contributed by atoms with Crippen LogP contribution in [-0.2, 0) is 0 Å². The molecule has 1 aliphatic rings. The molecule has 1 aliphatic carbocycles. The normalized spacial score (nSPS) is 17.8. The van der Waals surface area contributed by atoms with E-state index in [2.05, 4.69) is 12.0 Å². The van der Waals surface area contributed by atoms with Crippen molar-refractivity contribution >= 4 is 0 Å². The van der Waals surface area contributed by atoms with Crippen molar-refractivity contribution in [1.82, 2.24) is 0 Å². The number of benzene rings is 1. The summed E-state index contributed by atoms with van der Waals surface area (Å²) in [7, 11) is 0. The highest BCUT2D eigenvalue weighted by Gasteiger charge is 2.31. The monoisotopic (exact) mass is 225 g/mol. The predicted octanol–water partition coefficient (Wildman–Crippen LogP) is 3.27. The van der Waals surface area contributed by atoms with Crippen LogP contribution in [0.1, 0.15) is 37.7 Å². The minimum atomic E-state index is -0.438. The third kappa shape index (κ3) is 2.60. The highest BCUT2D eigenvalue weighted by Crippen LogP contribution is 2.32. The summed E-state index contributed by atoms with van der Waals surface area (Å²) < 4.78 is 5.95. The van der Waals surface area contributed by atoms with E-state index in [1.807, 2.05) is 12.1 Å². The lowest BCUT2D eigenvalue weighted by Crippen LogP contribution is -2.36. The Bertz CT molecular complexity index is 455. The molecule has 1 aromatic carbocycles. The summed E-state index contributed by atoms with van der Waals surface area (Å²) >= 11 is 0. The van der Waals surface area contributed by atoms with Crippen LogP contribution >= 0.6 is 0 Å². The average Bonchev–Trinajstić information content (AvgIpc) is 2.41. The fraction of sp³-hybridized carbons (Fsp3) is 0.400. The van der Waals surface area contributed by atoms with Gasteiger partial charge in [-0.2, -0.15) is 5.26 Å². The molecule has 1 saturated carbocycles. The molecule has 86 valence electrons. The van der Waals surface area contributed by atoms with E-state index in [0.29, 0.717) is 5.56 Å². The minimum Gasteiger partial charge on any atom is -0.475 e. The van der Waals surface area contributed by atoms with Crippen LogP contribution in [0.3, 0.4) is 0 Å². The fourth-order valence-corrected chi connectivity index (χ4v) is 2.22. The first-order valence-corrected chi connectivity index (χ1v) is 5.95. The van der Waals surface area contributed by atoms with Gasteiger partial charge in [-0.05, 0) is 49.9 Å². The first kappa shape index (κ1) is 11.6. The first-order valence-electron chi connectivity index (χ1n) is 5.95. The van der Waals surface area contributed by atoms with Crippen molar-refractivity contribution in [3.05, 3.63) is 29.8 Å². The third-order valence-electron chi connectivity index (χ3n) is 3.22.